The van der Waals surface area contributed by atoms with Gasteiger partial charge in [-0.05, 0) is 38.1 Å². The van der Waals surface area contributed by atoms with E-state index in [1.54, 1.807) is 19.2 Å². The summed E-state index contributed by atoms with van der Waals surface area (Å²) in [4.78, 5) is 0. The fourth-order valence-corrected chi connectivity index (χ4v) is 1.61. The van der Waals surface area contributed by atoms with Crippen LogP contribution in [0, 0.1) is 0 Å². The molecule has 0 aliphatic heterocycles. The van der Waals surface area contributed by atoms with Crippen LogP contribution in [0.4, 0.5) is 5.69 Å². The highest BCUT2D eigenvalue weighted by molar-refractivity contribution is 5.51. The molecule has 1 aromatic carbocycles. The van der Waals surface area contributed by atoms with Crippen molar-refractivity contribution < 1.29 is 9.47 Å². The van der Waals surface area contributed by atoms with Crippen molar-refractivity contribution >= 4 is 5.69 Å². The largest absolute Gasteiger partial charge is 0.493 e. The smallest absolute Gasteiger partial charge is 0.163 e. The van der Waals surface area contributed by atoms with Crippen LogP contribution in [-0.4, -0.2) is 26.8 Å². The Morgan fingerprint density at radius 1 is 1.17 bits per heavy atom. The Labute approximate surface area is 109 Å². The Morgan fingerprint density at radius 3 is 2.67 bits per heavy atom. The van der Waals surface area contributed by atoms with Crippen LogP contribution in [0.5, 0.6) is 11.5 Å². The normalized spacial score (nSPS) is 10.3. The number of methoxy groups -OCH3 is 1. The van der Waals surface area contributed by atoms with Gasteiger partial charge in [0.25, 0.3) is 0 Å². The van der Waals surface area contributed by atoms with Gasteiger partial charge in [0.2, 0.25) is 0 Å². The van der Waals surface area contributed by atoms with E-state index in [1.807, 2.05) is 6.07 Å². The summed E-state index contributed by atoms with van der Waals surface area (Å²) in [7, 11) is 1.63. The van der Waals surface area contributed by atoms with Crippen molar-refractivity contribution in [2.45, 2.75) is 26.2 Å². The standard InChI is InChI=1S/C14H24N2O2/c1-3-4-8-16-9-5-10-18-14-11-12(15)6-7-13(14)17-2/h6-7,11,16H,3-5,8-10,15H2,1-2H3. The first-order chi connectivity index (χ1) is 8.77. The summed E-state index contributed by atoms with van der Waals surface area (Å²) in [6.07, 6.45) is 3.43. The molecule has 4 nitrogen and oxygen atoms in total. The number of nitrogen functional groups attached to an aromatic ring is 1. The molecule has 0 fully saturated rings. The molecule has 102 valence electrons. The first-order valence-corrected chi connectivity index (χ1v) is 6.55. The molecule has 1 rings (SSSR count). The summed E-state index contributed by atoms with van der Waals surface area (Å²) in [6, 6.07) is 5.42. The van der Waals surface area contributed by atoms with Crippen molar-refractivity contribution in [2.75, 3.05) is 32.5 Å². The number of ether oxygens (including phenoxy) is 2. The minimum absolute atomic E-state index is 0.666. The van der Waals surface area contributed by atoms with Gasteiger partial charge in [0.1, 0.15) is 0 Å². The summed E-state index contributed by atoms with van der Waals surface area (Å²) < 4.78 is 10.9. The molecule has 0 saturated heterocycles. The summed E-state index contributed by atoms with van der Waals surface area (Å²) >= 11 is 0. The van der Waals surface area contributed by atoms with Gasteiger partial charge in [0.15, 0.2) is 11.5 Å². The molecule has 4 heteroatoms. The second-order valence-corrected chi connectivity index (χ2v) is 4.22. The first kappa shape index (κ1) is 14.6. The number of hydrogen-bond donors (Lipinski definition) is 2. The third kappa shape index (κ3) is 5.27. The Morgan fingerprint density at radius 2 is 1.94 bits per heavy atom. The molecule has 0 unspecified atom stereocenters. The van der Waals surface area contributed by atoms with Crippen LogP contribution in [0.2, 0.25) is 0 Å². The highest BCUT2D eigenvalue weighted by Crippen LogP contribution is 2.28. The number of anilines is 1. The molecule has 0 atom stereocenters. The lowest BCUT2D eigenvalue weighted by Crippen LogP contribution is -2.18. The lowest BCUT2D eigenvalue weighted by Gasteiger charge is -2.11. The second kappa shape index (κ2) is 8.64. The number of nitrogens with two attached hydrogens (primary N) is 1. The molecular formula is C14H24N2O2. The molecular weight excluding hydrogens is 228 g/mol. The van der Waals surface area contributed by atoms with Gasteiger partial charge in [-0.3, -0.25) is 0 Å². The number of benzene rings is 1. The van der Waals surface area contributed by atoms with Crippen LogP contribution in [0.1, 0.15) is 26.2 Å². The Kier molecular flexibility index (Phi) is 7.03. The molecule has 0 spiro atoms. The van der Waals surface area contributed by atoms with Gasteiger partial charge in [0, 0.05) is 11.8 Å². The van der Waals surface area contributed by atoms with E-state index in [9.17, 15) is 0 Å². The number of rotatable bonds is 9. The van der Waals surface area contributed by atoms with Crippen LogP contribution in [0.25, 0.3) is 0 Å². The molecule has 0 heterocycles. The molecule has 0 bridgehead atoms. The van der Waals surface area contributed by atoms with Crippen molar-refractivity contribution in [3.8, 4) is 11.5 Å². The Bertz CT molecular complexity index is 343. The van der Waals surface area contributed by atoms with E-state index in [0.29, 0.717) is 18.0 Å². The zero-order valence-corrected chi connectivity index (χ0v) is 11.4. The minimum atomic E-state index is 0.666. The highest BCUT2D eigenvalue weighted by Gasteiger charge is 2.03. The fraction of sp³-hybridized carbons (Fsp3) is 0.571. The van der Waals surface area contributed by atoms with Crippen molar-refractivity contribution in [1.82, 2.24) is 5.32 Å². The van der Waals surface area contributed by atoms with Gasteiger partial charge in [-0.1, -0.05) is 13.3 Å². The first-order valence-electron chi connectivity index (χ1n) is 6.55. The van der Waals surface area contributed by atoms with Gasteiger partial charge < -0.3 is 20.5 Å². The molecule has 0 saturated carbocycles. The molecule has 0 radical (unpaired) electrons. The third-order valence-corrected chi connectivity index (χ3v) is 2.65. The third-order valence-electron chi connectivity index (χ3n) is 2.65. The average Bonchev–Trinajstić information content (AvgIpc) is 2.38. The summed E-state index contributed by atoms with van der Waals surface area (Å²) in [6.45, 7) is 4.92. The van der Waals surface area contributed by atoms with Crippen LogP contribution in [0.15, 0.2) is 18.2 Å². The van der Waals surface area contributed by atoms with Crippen LogP contribution in [-0.2, 0) is 0 Å². The number of unbranched alkanes of at least 4 members (excludes halogenated alkanes) is 1. The number of nitrogens with one attached hydrogen (secondary N) is 1. The van der Waals surface area contributed by atoms with E-state index in [0.717, 1.165) is 25.3 Å². The van der Waals surface area contributed by atoms with E-state index in [1.165, 1.54) is 12.8 Å². The average molecular weight is 252 g/mol. The predicted molar refractivity (Wildman–Crippen MR) is 75.3 cm³/mol. The number of hydrogen-bond acceptors (Lipinski definition) is 4. The molecule has 0 amide bonds. The van der Waals surface area contributed by atoms with E-state index >= 15 is 0 Å². The highest BCUT2D eigenvalue weighted by atomic mass is 16.5. The minimum Gasteiger partial charge on any atom is -0.493 e. The molecule has 1 aromatic rings. The maximum absolute atomic E-state index is 5.72. The molecule has 0 aliphatic rings. The quantitative estimate of drug-likeness (QED) is 0.523. The van der Waals surface area contributed by atoms with E-state index in [-0.39, 0.29) is 0 Å². The molecule has 0 aromatic heterocycles. The lowest BCUT2D eigenvalue weighted by molar-refractivity contribution is 0.288. The van der Waals surface area contributed by atoms with Crippen molar-refractivity contribution in [3.63, 3.8) is 0 Å². The summed E-state index contributed by atoms with van der Waals surface area (Å²) in [5.41, 5.74) is 6.41. The van der Waals surface area contributed by atoms with Crippen molar-refractivity contribution in [1.29, 1.82) is 0 Å². The zero-order chi connectivity index (χ0) is 13.2. The van der Waals surface area contributed by atoms with Crippen molar-refractivity contribution in [3.05, 3.63) is 18.2 Å². The van der Waals surface area contributed by atoms with E-state index in [4.69, 9.17) is 15.2 Å². The Hall–Kier alpha value is -1.42. The summed E-state index contributed by atoms with van der Waals surface area (Å²) in [5.74, 6) is 1.44. The topological polar surface area (TPSA) is 56.5 Å². The monoisotopic (exact) mass is 252 g/mol. The van der Waals surface area contributed by atoms with Gasteiger partial charge in [0.05, 0.1) is 13.7 Å². The summed E-state index contributed by atoms with van der Waals surface area (Å²) in [5, 5.41) is 3.38. The Balaban J connectivity index is 2.24. The van der Waals surface area contributed by atoms with Gasteiger partial charge in [-0.2, -0.15) is 0 Å². The maximum atomic E-state index is 5.72. The predicted octanol–water partition coefficient (Wildman–Crippen LogP) is 2.44. The van der Waals surface area contributed by atoms with Crippen LogP contribution < -0.4 is 20.5 Å². The van der Waals surface area contributed by atoms with Gasteiger partial charge in [-0.15, -0.1) is 0 Å². The SMILES string of the molecule is CCCCNCCCOc1cc(N)ccc1OC. The van der Waals surface area contributed by atoms with Gasteiger partial charge >= 0.3 is 0 Å². The van der Waals surface area contributed by atoms with E-state index in [2.05, 4.69) is 12.2 Å². The second-order valence-electron chi connectivity index (χ2n) is 4.22. The van der Waals surface area contributed by atoms with Crippen molar-refractivity contribution in [2.24, 2.45) is 0 Å². The maximum Gasteiger partial charge on any atom is 0.163 e. The van der Waals surface area contributed by atoms with Gasteiger partial charge in [-0.25, -0.2) is 0 Å². The molecule has 0 aliphatic carbocycles. The van der Waals surface area contributed by atoms with Crippen LogP contribution >= 0.6 is 0 Å². The van der Waals surface area contributed by atoms with E-state index < -0.39 is 0 Å². The van der Waals surface area contributed by atoms with Crippen LogP contribution in [0.3, 0.4) is 0 Å². The molecule has 18 heavy (non-hydrogen) atoms. The molecule has 3 N–H and O–H groups in total. The zero-order valence-electron chi connectivity index (χ0n) is 11.4. The fourth-order valence-electron chi connectivity index (χ4n) is 1.61. The lowest BCUT2D eigenvalue weighted by atomic mass is 10.3.